The van der Waals surface area contributed by atoms with Crippen LogP contribution in [0.1, 0.15) is 54.4 Å². The number of aromatic amines is 1. The van der Waals surface area contributed by atoms with Crippen LogP contribution in [0.2, 0.25) is 0 Å². The van der Waals surface area contributed by atoms with Crippen LogP contribution in [0, 0.1) is 5.92 Å². The zero-order valence-electron chi connectivity index (χ0n) is 18.5. The summed E-state index contributed by atoms with van der Waals surface area (Å²) in [5.74, 6) is 0.928. The summed E-state index contributed by atoms with van der Waals surface area (Å²) in [6.07, 6.45) is 2.32. The molecule has 2 aromatic carbocycles. The van der Waals surface area contributed by atoms with Gasteiger partial charge in [-0.25, -0.2) is 0 Å². The minimum atomic E-state index is 0.00637. The quantitative estimate of drug-likeness (QED) is 0.579. The van der Waals surface area contributed by atoms with Crippen molar-refractivity contribution in [3.05, 3.63) is 77.6 Å². The molecule has 0 unspecified atom stereocenters. The average Bonchev–Trinajstić information content (AvgIpc) is 3.27. The molecule has 1 aliphatic heterocycles. The maximum atomic E-state index is 12.6. The fourth-order valence-electron chi connectivity index (χ4n) is 4.24. The molecule has 3 aromatic rings. The lowest BCUT2D eigenvalue weighted by molar-refractivity contribution is 0.0930. The number of nitrogens with one attached hydrogen (secondary N) is 2. The van der Waals surface area contributed by atoms with Gasteiger partial charge >= 0.3 is 0 Å². The Morgan fingerprint density at radius 2 is 1.87 bits per heavy atom. The Hall–Kier alpha value is -2.92. The van der Waals surface area contributed by atoms with E-state index in [1.807, 2.05) is 42.5 Å². The van der Waals surface area contributed by atoms with Crippen LogP contribution in [0.5, 0.6) is 0 Å². The van der Waals surface area contributed by atoms with Crippen LogP contribution < -0.4 is 5.32 Å². The van der Waals surface area contributed by atoms with Gasteiger partial charge in [0.1, 0.15) is 0 Å². The second-order valence-corrected chi connectivity index (χ2v) is 8.87. The molecule has 31 heavy (non-hydrogen) atoms. The van der Waals surface area contributed by atoms with Gasteiger partial charge in [-0.15, -0.1) is 0 Å². The lowest BCUT2D eigenvalue weighted by Gasteiger charge is -2.32. The number of likely N-dealkylation sites (tertiary alicyclic amines) is 1. The SMILES string of the molecule is CC(C)c1cc(CN2CCC[C@H](CNC(=O)c3ccc(-c4ccccc4)cc3)C2)[nH]n1. The fourth-order valence-corrected chi connectivity index (χ4v) is 4.24. The Kier molecular flexibility index (Phi) is 6.82. The summed E-state index contributed by atoms with van der Waals surface area (Å²) in [4.78, 5) is 15.1. The molecule has 1 amide bonds. The van der Waals surface area contributed by atoms with E-state index in [0.717, 1.165) is 55.8 Å². The van der Waals surface area contributed by atoms with Gasteiger partial charge in [-0.1, -0.05) is 56.3 Å². The number of rotatable bonds is 7. The Bertz CT molecular complexity index is 978. The molecule has 0 aliphatic carbocycles. The lowest BCUT2D eigenvalue weighted by Crippen LogP contribution is -2.40. The van der Waals surface area contributed by atoms with Crippen molar-refractivity contribution in [1.82, 2.24) is 20.4 Å². The standard InChI is InChI=1S/C26H32N4O/c1-19(2)25-15-24(28-29-25)18-30-14-6-7-20(17-30)16-27-26(31)23-12-10-22(11-13-23)21-8-4-3-5-9-21/h3-5,8-13,15,19-20H,6-7,14,16-18H2,1-2H3,(H,27,31)(H,28,29)/t20-/m1/s1. The predicted molar refractivity (Wildman–Crippen MR) is 125 cm³/mol. The monoisotopic (exact) mass is 416 g/mol. The van der Waals surface area contributed by atoms with Crippen molar-refractivity contribution in [2.24, 2.45) is 5.92 Å². The van der Waals surface area contributed by atoms with Gasteiger partial charge in [0.15, 0.2) is 0 Å². The summed E-state index contributed by atoms with van der Waals surface area (Å²) in [5.41, 5.74) is 5.29. The van der Waals surface area contributed by atoms with Crippen LogP contribution in [0.25, 0.3) is 11.1 Å². The van der Waals surface area contributed by atoms with Gasteiger partial charge in [-0.3, -0.25) is 14.8 Å². The molecule has 1 fully saturated rings. The second-order valence-electron chi connectivity index (χ2n) is 8.87. The number of aromatic nitrogens is 2. The molecule has 2 N–H and O–H groups in total. The molecular formula is C26H32N4O. The van der Waals surface area contributed by atoms with Crippen molar-refractivity contribution >= 4 is 5.91 Å². The van der Waals surface area contributed by atoms with Crippen molar-refractivity contribution < 1.29 is 4.79 Å². The van der Waals surface area contributed by atoms with E-state index in [1.165, 1.54) is 5.69 Å². The molecule has 1 aromatic heterocycles. The van der Waals surface area contributed by atoms with Gasteiger partial charge in [0.25, 0.3) is 5.91 Å². The molecule has 0 radical (unpaired) electrons. The van der Waals surface area contributed by atoms with Gasteiger partial charge in [-0.05, 0) is 60.5 Å². The van der Waals surface area contributed by atoms with Gasteiger partial charge in [0, 0.05) is 30.9 Å². The topological polar surface area (TPSA) is 61.0 Å². The normalized spacial score (nSPS) is 17.1. The first-order chi connectivity index (χ1) is 15.1. The molecule has 1 aliphatic rings. The van der Waals surface area contributed by atoms with E-state index in [2.05, 4.69) is 52.5 Å². The van der Waals surface area contributed by atoms with E-state index >= 15 is 0 Å². The fraction of sp³-hybridized carbons (Fsp3) is 0.385. The van der Waals surface area contributed by atoms with Crippen LogP contribution >= 0.6 is 0 Å². The smallest absolute Gasteiger partial charge is 0.251 e. The number of amides is 1. The first-order valence-corrected chi connectivity index (χ1v) is 11.3. The Morgan fingerprint density at radius 1 is 1.13 bits per heavy atom. The van der Waals surface area contributed by atoms with Gasteiger partial charge in [0.05, 0.1) is 5.69 Å². The molecular weight excluding hydrogens is 384 g/mol. The summed E-state index contributed by atoms with van der Waals surface area (Å²) >= 11 is 0. The first-order valence-electron chi connectivity index (χ1n) is 11.3. The van der Waals surface area contributed by atoms with Gasteiger partial charge in [0.2, 0.25) is 0 Å². The highest BCUT2D eigenvalue weighted by molar-refractivity contribution is 5.94. The van der Waals surface area contributed by atoms with Crippen LogP contribution in [-0.4, -0.2) is 40.6 Å². The maximum absolute atomic E-state index is 12.6. The molecule has 5 heteroatoms. The lowest BCUT2D eigenvalue weighted by atomic mass is 9.97. The number of benzene rings is 2. The zero-order valence-corrected chi connectivity index (χ0v) is 18.5. The van der Waals surface area contributed by atoms with Crippen LogP contribution in [0.3, 0.4) is 0 Å². The number of hydrogen-bond donors (Lipinski definition) is 2. The average molecular weight is 417 g/mol. The first kappa shape index (κ1) is 21.3. The number of carbonyl (C=O) groups is 1. The number of carbonyl (C=O) groups excluding carboxylic acids is 1. The summed E-state index contributed by atoms with van der Waals surface area (Å²) in [5, 5.41) is 10.7. The number of hydrogen-bond acceptors (Lipinski definition) is 3. The minimum Gasteiger partial charge on any atom is -0.352 e. The third-order valence-corrected chi connectivity index (χ3v) is 6.04. The third-order valence-electron chi connectivity index (χ3n) is 6.04. The number of H-pyrrole nitrogens is 1. The van der Waals surface area contributed by atoms with Gasteiger partial charge in [-0.2, -0.15) is 5.10 Å². The minimum absolute atomic E-state index is 0.00637. The molecule has 0 spiro atoms. The van der Waals surface area contributed by atoms with Crippen molar-refractivity contribution in [2.75, 3.05) is 19.6 Å². The summed E-state index contributed by atoms with van der Waals surface area (Å²) in [6, 6.07) is 20.3. The van der Waals surface area contributed by atoms with Crippen LogP contribution in [0.15, 0.2) is 60.7 Å². The highest BCUT2D eigenvalue weighted by atomic mass is 16.1. The van der Waals surface area contributed by atoms with E-state index in [-0.39, 0.29) is 5.91 Å². The molecule has 2 heterocycles. The van der Waals surface area contributed by atoms with E-state index in [4.69, 9.17) is 0 Å². The maximum Gasteiger partial charge on any atom is 0.251 e. The van der Waals surface area contributed by atoms with E-state index < -0.39 is 0 Å². The van der Waals surface area contributed by atoms with Crippen molar-refractivity contribution in [3.63, 3.8) is 0 Å². The van der Waals surface area contributed by atoms with Crippen LogP contribution in [-0.2, 0) is 6.54 Å². The largest absolute Gasteiger partial charge is 0.352 e. The van der Waals surface area contributed by atoms with E-state index in [0.29, 0.717) is 17.4 Å². The molecule has 5 nitrogen and oxygen atoms in total. The Morgan fingerprint density at radius 3 is 2.58 bits per heavy atom. The summed E-state index contributed by atoms with van der Waals surface area (Å²) < 4.78 is 0. The Labute approximate surface area is 184 Å². The molecule has 1 atom stereocenters. The summed E-state index contributed by atoms with van der Waals surface area (Å²) in [7, 11) is 0. The van der Waals surface area contributed by atoms with Gasteiger partial charge < -0.3 is 5.32 Å². The van der Waals surface area contributed by atoms with Crippen molar-refractivity contribution in [2.45, 2.75) is 39.2 Å². The zero-order chi connectivity index (χ0) is 21.6. The van der Waals surface area contributed by atoms with E-state index in [9.17, 15) is 4.79 Å². The second kappa shape index (κ2) is 9.92. The van der Waals surface area contributed by atoms with Crippen molar-refractivity contribution in [1.29, 1.82) is 0 Å². The van der Waals surface area contributed by atoms with Crippen molar-refractivity contribution in [3.8, 4) is 11.1 Å². The molecule has 0 saturated carbocycles. The Balaban J connectivity index is 1.27. The highest BCUT2D eigenvalue weighted by Crippen LogP contribution is 2.21. The molecule has 0 bridgehead atoms. The molecule has 4 rings (SSSR count). The number of piperidine rings is 1. The molecule has 1 saturated heterocycles. The predicted octanol–water partition coefficient (Wildman–Crippen LogP) is 4.84. The highest BCUT2D eigenvalue weighted by Gasteiger charge is 2.21. The summed E-state index contributed by atoms with van der Waals surface area (Å²) in [6.45, 7) is 8.04. The molecule has 162 valence electrons. The van der Waals surface area contributed by atoms with Crippen LogP contribution in [0.4, 0.5) is 0 Å². The number of nitrogens with zero attached hydrogens (tertiary/aromatic N) is 2. The van der Waals surface area contributed by atoms with E-state index in [1.54, 1.807) is 0 Å². The third kappa shape index (κ3) is 5.61.